The number of rotatable bonds is 10. The van der Waals surface area contributed by atoms with Gasteiger partial charge < -0.3 is 30.2 Å². The van der Waals surface area contributed by atoms with E-state index in [-0.39, 0.29) is 23.9 Å². The van der Waals surface area contributed by atoms with Crippen LogP contribution in [0.5, 0.6) is 23.0 Å². The lowest BCUT2D eigenvalue weighted by Crippen LogP contribution is -2.37. The molecule has 1 fully saturated rings. The van der Waals surface area contributed by atoms with E-state index in [2.05, 4.69) is 20.9 Å². The Labute approximate surface area is 249 Å². The van der Waals surface area contributed by atoms with Crippen LogP contribution in [-0.2, 0) is 9.59 Å². The van der Waals surface area contributed by atoms with Crippen LogP contribution in [0.15, 0.2) is 72.9 Å². The van der Waals surface area contributed by atoms with Crippen LogP contribution in [0.2, 0.25) is 0 Å². The molecular formula is C33H35FN4O5. The maximum absolute atomic E-state index is 15.1. The number of methoxy groups -OCH3 is 1. The van der Waals surface area contributed by atoms with Crippen LogP contribution in [0.3, 0.4) is 0 Å². The summed E-state index contributed by atoms with van der Waals surface area (Å²) in [5, 5.41) is 9.02. The molecule has 3 aromatic carbocycles. The van der Waals surface area contributed by atoms with Gasteiger partial charge in [-0.3, -0.25) is 14.6 Å². The van der Waals surface area contributed by atoms with Crippen LogP contribution in [-0.4, -0.2) is 50.1 Å². The van der Waals surface area contributed by atoms with Crippen LogP contribution < -0.4 is 30.2 Å². The van der Waals surface area contributed by atoms with Gasteiger partial charge in [-0.15, -0.1) is 0 Å². The highest BCUT2D eigenvalue weighted by atomic mass is 19.1. The number of piperidine rings is 1. The highest BCUT2D eigenvalue weighted by molar-refractivity contribution is 6.39. The summed E-state index contributed by atoms with van der Waals surface area (Å²) in [6, 6.07) is 18.9. The molecule has 1 atom stereocenters. The van der Waals surface area contributed by atoms with Crippen LogP contribution in [0.1, 0.15) is 31.2 Å². The normalized spacial score (nSPS) is 14.1. The average Bonchev–Trinajstić information content (AvgIpc) is 3.04. The van der Waals surface area contributed by atoms with Gasteiger partial charge in [-0.05, 0) is 73.7 Å². The summed E-state index contributed by atoms with van der Waals surface area (Å²) >= 11 is 0. The van der Waals surface area contributed by atoms with Crippen molar-refractivity contribution in [3.63, 3.8) is 0 Å². The summed E-state index contributed by atoms with van der Waals surface area (Å²) in [4.78, 5) is 29.2. The van der Waals surface area contributed by atoms with Crippen molar-refractivity contribution in [2.75, 3.05) is 38.7 Å². The van der Waals surface area contributed by atoms with E-state index in [0.717, 1.165) is 37.6 Å². The molecule has 3 N–H and O–H groups in total. The molecule has 2 amide bonds. The van der Waals surface area contributed by atoms with Crippen molar-refractivity contribution in [2.24, 2.45) is 5.92 Å². The van der Waals surface area contributed by atoms with E-state index in [4.69, 9.17) is 14.2 Å². The number of nitrogens with one attached hydrogen (secondary N) is 3. The molecule has 43 heavy (non-hydrogen) atoms. The highest BCUT2D eigenvalue weighted by Crippen LogP contribution is 2.40. The lowest BCUT2D eigenvalue weighted by Gasteiger charge is -2.23. The van der Waals surface area contributed by atoms with E-state index in [0.29, 0.717) is 40.7 Å². The zero-order valence-corrected chi connectivity index (χ0v) is 24.2. The molecule has 0 aliphatic carbocycles. The molecule has 5 rings (SSSR count). The molecule has 0 spiro atoms. The quantitative estimate of drug-likeness (QED) is 0.213. The Morgan fingerprint density at radius 2 is 1.77 bits per heavy atom. The first kappa shape index (κ1) is 29.8. The fourth-order valence-electron chi connectivity index (χ4n) is 5.00. The summed E-state index contributed by atoms with van der Waals surface area (Å²) in [6.45, 7) is 4.79. The zero-order valence-electron chi connectivity index (χ0n) is 24.2. The number of hydrogen-bond acceptors (Lipinski definition) is 7. The van der Waals surface area contributed by atoms with E-state index in [1.807, 2.05) is 43.3 Å². The molecule has 4 aromatic rings. The van der Waals surface area contributed by atoms with Gasteiger partial charge in [0.25, 0.3) is 0 Å². The third kappa shape index (κ3) is 7.39. The van der Waals surface area contributed by atoms with Gasteiger partial charge in [0, 0.05) is 29.9 Å². The number of benzene rings is 3. The fourth-order valence-corrected chi connectivity index (χ4v) is 5.00. The van der Waals surface area contributed by atoms with Crippen molar-refractivity contribution < 1.29 is 28.2 Å². The second-order valence-corrected chi connectivity index (χ2v) is 10.5. The van der Waals surface area contributed by atoms with E-state index < -0.39 is 17.6 Å². The Kier molecular flexibility index (Phi) is 9.68. The largest absolute Gasteiger partial charge is 0.491 e. The van der Waals surface area contributed by atoms with E-state index in [1.165, 1.54) is 12.1 Å². The maximum atomic E-state index is 15.1. The number of amides is 2. The summed E-state index contributed by atoms with van der Waals surface area (Å²) in [5.41, 5.74) is 1.69. The monoisotopic (exact) mass is 586 g/mol. The molecule has 1 aliphatic heterocycles. The maximum Gasteiger partial charge on any atom is 0.313 e. The number of anilines is 1. The van der Waals surface area contributed by atoms with Crippen molar-refractivity contribution in [1.82, 2.24) is 15.6 Å². The van der Waals surface area contributed by atoms with E-state index in [9.17, 15) is 9.59 Å². The van der Waals surface area contributed by atoms with Crippen LogP contribution in [0.4, 0.5) is 10.1 Å². The molecule has 1 saturated heterocycles. The summed E-state index contributed by atoms with van der Waals surface area (Å²) < 4.78 is 32.8. The number of halogens is 1. The fraction of sp³-hybridized carbons (Fsp3) is 0.303. The molecule has 1 aliphatic rings. The lowest BCUT2D eigenvalue weighted by molar-refractivity contribution is -0.136. The Bertz CT molecular complexity index is 1580. The van der Waals surface area contributed by atoms with Gasteiger partial charge >= 0.3 is 11.8 Å². The third-order valence-corrected chi connectivity index (χ3v) is 7.48. The predicted molar refractivity (Wildman–Crippen MR) is 162 cm³/mol. The van der Waals surface area contributed by atoms with Gasteiger partial charge in [-0.2, -0.15) is 0 Å². The Morgan fingerprint density at radius 1 is 1.00 bits per heavy atom. The number of hydrogen-bond donors (Lipinski definition) is 3. The predicted octanol–water partition coefficient (Wildman–Crippen LogP) is 5.41. The van der Waals surface area contributed by atoms with Gasteiger partial charge in [-0.1, -0.05) is 37.3 Å². The van der Waals surface area contributed by atoms with E-state index in [1.54, 1.807) is 25.4 Å². The molecule has 2 heterocycles. The number of fused-ring (bicyclic) bond motifs is 1. The number of nitrogens with zero attached hydrogens (tertiary/aromatic N) is 1. The SMILES string of the molecule is COc1c(OCC2CCNCC2)ccc2c(Oc3ccc(NC(=O)C(=O)NCC(C)c4ccccc4)cc3F)ccnc12. The summed E-state index contributed by atoms with van der Waals surface area (Å²) in [5.74, 6) is -0.539. The topological polar surface area (TPSA) is 111 Å². The molecule has 0 radical (unpaired) electrons. The second kappa shape index (κ2) is 14.0. The first-order valence-corrected chi connectivity index (χ1v) is 14.3. The molecule has 1 unspecified atom stereocenters. The number of carbonyl (C=O) groups excluding carboxylic acids is 2. The number of aromatic nitrogens is 1. The smallest absolute Gasteiger partial charge is 0.313 e. The van der Waals surface area contributed by atoms with Gasteiger partial charge in [0.05, 0.1) is 13.7 Å². The van der Waals surface area contributed by atoms with Gasteiger partial charge in [0.2, 0.25) is 0 Å². The van der Waals surface area contributed by atoms with Crippen LogP contribution >= 0.6 is 0 Å². The molecule has 0 bridgehead atoms. The van der Waals surface area contributed by atoms with Gasteiger partial charge in [0.1, 0.15) is 11.3 Å². The first-order valence-electron chi connectivity index (χ1n) is 14.3. The summed E-state index contributed by atoms with van der Waals surface area (Å²) in [7, 11) is 1.55. The van der Waals surface area contributed by atoms with Gasteiger partial charge in [0.15, 0.2) is 23.1 Å². The molecule has 10 heteroatoms. The molecule has 224 valence electrons. The Morgan fingerprint density at radius 3 is 2.51 bits per heavy atom. The molecule has 9 nitrogen and oxygen atoms in total. The average molecular weight is 587 g/mol. The second-order valence-electron chi connectivity index (χ2n) is 10.5. The van der Waals surface area contributed by atoms with Gasteiger partial charge in [-0.25, -0.2) is 4.39 Å². The Hall–Kier alpha value is -4.70. The minimum absolute atomic E-state index is 0.0227. The first-order chi connectivity index (χ1) is 20.9. The van der Waals surface area contributed by atoms with Crippen molar-refractivity contribution in [3.8, 4) is 23.0 Å². The lowest BCUT2D eigenvalue weighted by atomic mass is 9.99. The number of carbonyl (C=O) groups is 2. The number of ether oxygens (including phenoxy) is 3. The standard InChI is InChI=1S/C33H35FN4O5/c1-21(23-6-4-3-5-7-23)19-37-32(39)33(40)38-24-8-10-28(26(34)18-24)43-27-14-17-36-30-25(27)9-11-29(31(30)41-2)42-20-22-12-15-35-16-13-22/h3-11,14,17-18,21-22,35H,12-13,15-16,19-20H2,1-2H3,(H,37,39)(H,38,40). The Balaban J connectivity index is 1.23. The van der Waals surface area contributed by atoms with Crippen LogP contribution in [0.25, 0.3) is 10.9 Å². The van der Waals surface area contributed by atoms with Crippen molar-refractivity contribution in [2.45, 2.75) is 25.7 Å². The third-order valence-electron chi connectivity index (χ3n) is 7.48. The zero-order chi connectivity index (χ0) is 30.2. The molecule has 1 aromatic heterocycles. The highest BCUT2D eigenvalue weighted by Gasteiger charge is 2.20. The van der Waals surface area contributed by atoms with Crippen molar-refractivity contribution in [3.05, 3.63) is 84.3 Å². The summed E-state index contributed by atoms with van der Waals surface area (Å²) in [6.07, 6.45) is 3.67. The molecule has 0 saturated carbocycles. The van der Waals surface area contributed by atoms with Crippen molar-refractivity contribution in [1.29, 1.82) is 0 Å². The minimum Gasteiger partial charge on any atom is -0.491 e. The number of pyridine rings is 1. The van der Waals surface area contributed by atoms with Crippen molar-refractivity contribution >= 4 is 28.4 Å². The minimum atomic E-state index is -0.890. The van der Waals surface area contributed by atoms with Crippen LogP contribution in [0, 0.1) is 11.7 Å². The van der Waals surface area contributed by atoms with E-state index >= 15 is 4.39 Å². The molecular weight excluding hydrogens is 551 g/mol.